The fourth-order valence-corrected chi connectivity index (χ4v) is 3.47. The lowest BCUT2D eigenvalue weighted by Crippen LogP contribution is -2.37. The predicted octanol–water partition coefficient (Wildman–Crippen LogP) is 3.60. The van der Waals surface area contributed by atoms with Crippen LogP contribution in [0.4, 0.5) is 13.2 Å². The highest BCUT2D eigenvalue weighted by atomic mass is 19.4. The number of ether oxygens (including phenoxy) is 2. The van der Waals surface area contributed by atoms with Crippen molar-refractivity contribution in [3.63, 3.8) is 0 Å². The standard InChI is InChI=1S/C21H24F3N3O3/c1-29-16-7-4-6-15(12-16)18(27-10-2-3-11-27)13-26-19(28)17-8-5-9-25-20(17)30-14-21(22,23)24/h4-9,12,18H,2-3,10-11,13-14H2,1H3,(H,26,28). The molecule has 1 aliphatic heterocycles. The lowest BCUT2D eigenvalue weighted by molar-refractivity contribution is -0.154. The zero-order chi connectivity index (χ0) is 21.6. The topological polar surface area (TPSA) is 63.7 Å². The second-order valence-electron chi connectivity index (χ2n) is 7.01. The van der Waals surface area contributed by atoms with E-state index in [0.717, 1.165) is 37.2 Å². The highest BCUT2D eigenvalue weighted by Crippen LogP contribution is 2.27. The molecular formula is C21H24F3N3O3. The van der Waals surface area contributed by atoms with Gasteiger partial charge in [0.05, 0.1) is 13.2 Å². The van der Waals surface area contributed by atoms with Gasteiger partial charge in [-0.3, -0.25) is 9.69 Å². The summed E-state index contributed by atoms with van der Waals surface area (Å²) in [6.45, 7) is 0.597. The number of pyridine rings is 1. The molecule has 2 heterocycles. The largest absolute Gasteiger partial charge is 0.497 e. The van der Waals surface area contributed by atoms with Gasteiger partial charge >= 0.3 is 6.18 Å². The first-order chi connectivity index (χ1) is 14.4. The van der Waals surface area contributed by atoms with E-state index in [-0.39, 0.29) is 17.5 Å². The lowest BCUT2D eigenvalue weighted by Gasteiger charge is -2.28. The maximum atomic E-state index is 12.7. The number of likely N-dealkylation sites (tertiary alicyclic amines) is 1. The minimum absolute atomic E-state index is 0.0347. The van der Waals surface area contributed by atoms with E-state index in [9.17, 15) is 18.0 Å². The zero-order valence-electron chi connectivity index (χ0n) is 16.6. The second-order valence-corrected chi connectivity index (χ2v) is 7.01. The van der Waals surface area contributed by atoms with Gasteiger partial charge in [0, 0.05) is 12.7 Å². The van der Waals surface area contributed by atoms with Gasteiger partial charge in [-0.25, -0.2) is 4.98 Å². The van der Waals surface area contributed by atoms with Crippen molar-refractivity contribution in [2.24, 2.45) is 0 Å². The van der Waals surface area contributed by atoms with Crippen LogP contribution >= 0.6 is 0 Å². The van der Waals surface area contributed by atoms with Crippen molar-refractivity contribution in [3.05, 3.63) is 53.7 Å². The van der Waals surface area contributed by atoms with Gasteiger partial charge in [-0.2, -0.15) is 13.2 Å². The molecule has 0 radical (unpaired) electrons. The molecular weight excluding hydrogens is 399 g/mol. The van der Waals surface area contributed by atoms with E-state index >= 15 is 0 Å². The summed E-state index contributed by atoms with van der Waals surface area (Å²) in [6.07, 6.45) is -1.08. The van der Waals surface area contributed by atoms with Crippen molar-refractivity contribution in [2.45, 2.75) is 25.1 Å². The zero-order valence-corrected chi connectivity index (χ0v) is 16.6. The highest BCUT2D eigenvalue weighted by molar-refractivity contribution is 5.96. The molecule has 162 valence electrons. The maximum absolute atomic E-state index is 12.7. The van der Waals surface area contributed by atoms with E-state index in [2.05, 4.69) is 15.2 Å². The summed E-state index contributed by atoms with van der Waals surface area (Å²) >= 11 is 0. The SMILES string of the molecule is COc1cccc(C(CNC(=O)c2cccnc2OCC(F)(F)F)N2CCCC2)c1. The summed E-state index contributed by atoms with van der Waals surface area (Å²) in [5, 5.41) is 2.83. The van der Waals surface area contributed by atoms with Crippen LogP contribution in [0.25, 0.3) is 0 Å². The number of benzene rings is 1. The van der Waals surface area contributed by atoms with Crippen LogP contribution in [0.2, 0.25) is 0 Å². The van der Waals surface area contributed by atoms with Crippen LogP contribution in [-0.4, -0.2) is 55.3 Å². The van der Waals surface area contributed by atoms with Gasteiger partial charge < -0.3 is 14.8 Å². The minimum atomic E-state index is -4.52. The highest BCUT2D eigenvalue weighted by Gasteiger charge is 2.30. The van der Waals surface area contributed by atoms with Gasteiger partial charge in [0.25, 0.3) is 5.91 Å². The molecule has 1 atom stereocenters. The number of aromatic nitrogens is 1. The Kier molecular flexibility index (Phi) is 7.15. The maximum Gasteiger partial charge on any atom is 0.422 e. The van der Waals surface area contributed by atoms with Gasteiger partial charge in [-0.05, 0) is 55.8 Å². The number of carbonyl (C=O) groups excluding carboxylic acids is 1. The quantitative estimate of drug-likeness (QED) is 0.703. The van der Waals surface area contributed by atoms with Crippen LogP contribution in [0, 0.1) is 0 Å². The third-order valence-corrected chi connectivity index (χ3v) is 4.90. The summed E-state index contributed by atoms with van der Waals surface area (Å²) in [4.78, 5) is 18.8. The summed E-state index contributed by atoms with van der Waals surface area (Å²) in [6, 6.07) is 10.4. The fraction of sp³-hybridized carbons (Fsp3) is 0.429. The van der Waals surface area contributed by atoms with E-state index in [1.165, 1.54) is 18.3 Å². The predicted molar refractivity (Wildman–Crippen MR) is 105 cm³/mol. The van der Waals surface area contributed by atoms with Gasteiger partial charge in [-0.15, -0.1) is 0 Å². The Morgan fingerprint density at radius 2 is 2.00 bits per heavy atom. The molecule has 0 spiro atoms. The van der Waals surface area contributed by atoms with Crippen molar-refractivity contribution in [1.29, 1.82) is 0 Å². The molecule has 3 rings (SSSR count). The third-order valence-electron chi connectivity index (χ3n) is 4.90. The van der Waals surface area contributed by atoms with Crippen LogP contribution < -0.4 is 14.8 Å². The number of rotatable bonds is 8. The van der Waals surface area contributed by atoms with Crippen LogP contribution in [0.15, 0.2) is 42.6 Å². The average Bonchev–Trinajstić information content (AvgIpc) is 3.26. The van der Waals surface area contributed by atoms with Crippen LogP contribution in [-0.2, 0) is 0 Å². The molecule has 0 bridgehead atoms. The number of alkyl halides is 3. The molecule has 1 N–H and O–H groups in total. The van der Waals surface area contributed by atoms with Crippen molar-refractivity contribution in [2.75, 3.05) is 33.4 Å². The van der Waals surface area contributed by atoms with E-state index in [4.69, 9.17) is 9.47 Å². The number of halogens is 3. The third kappa shape index (κ3) is 5.85. The number of amides is 1. The average molecular weight is 423 g/mol. The van der Waals surface area contributed by atoms with E-state index in [1.807, 2.05) is 24.3 Å². The summed E-state index contributed by atoms with van der Waals surface area (Å²) in [7, 11) is 1.59. The number of nitrogens with one attached hydrogen (secondary N) is 1. The Morgan fingerprint density at radius 1 is 1.23 bits per heavy atom. The monoisotopic (exact) mass is 423 g/mol. The number of methoxy groups -OCH3 is 1. The first-order valence-corrected chi connectivity index (χ1v) is 9.68. The number of carbonyl (C=O) groups is 1. The smallest absolute Gasteiger partial charge is 0.422 e. The molecule has 2 aromatic rings. The Labute approximate surface area is 173 Å². The molecule has 1 fully saturated rings. The Morgan fingerprint density at radius 3 is 2.70 bits per heavy atom. The van der Waals surface area contributed by atoms with Crippen molar-refractivity contribution in [3.8, 4) is 11.6 Å². The van der Waals surface area contributed by atoms with Crippen LogP contribution in [0.1, 0.15) is 34.8 Å². The molecule has 1 amide bonds. The summed E-state index contributed by atoms with van der Waals surface area (Å²) in [5.74, 6) is -0.156. The molecule has 1 unspecified atom stereocenters. The normalized spacial score (nSPS) is 15.6. The van der Waals surface area contributed by atoms with E-state index < -0.39 is 18.7 Å². The summed E-state index contributed by atoms with van der Waals surface area (Å²) < 4.78 is 47.5. The second kappa shape index (κ2) is 9.80. The van der Waals surface area contributed by atoms with Gasteiger partial charge in [0.2, 0.25) is 5.88 Å². The molecule has 1 saturated heterocycles. The number of hydrogen-bond acceptors (Lipinski definition) is 5. The van der Waals surface area contributed by atoms with Crippen molar-refractivity contribution < 1.29 is 27.4 Å². The number of nitrogens with zero attached hydrogens (tertiary/aromatic N) is 2. The summed E-state index contributed by atoms with van der Waals surface area (Å²) in [5.41, 5.74) is 0.962. The lowest BCUT2D eigenvalue weighted by atomic mass is 10.0. The minimum Gasteiger partial charge on any atom is -0.497 e. The van der Waals surface area contributed by atoms with E-state index in [1.54, 1.807) is 7.11 Å². The molecule has 0 saturated carbocycles. The fourth-order valence-electron chi connectivity index (χ4n) is 3.47. The molecule has 1 aromatic carbocycles. The molecule has 9 heteroatoms. The van der Waals surface area contributed by atoms with Gasteiger partial charge in [0.15, 0.2) is 6.61 Å². The molecule has 1 aliphatic rings. The Balaban J connectivity index is 1.73. The Hall–Kier alpha value is -2.81. The first-order valence-electron chi connectivity index (χ1n) is 9.68. The molecule has 6 nitrogen and oxygen atoms in total. The van der Waals surface area contributed by atoms with Crippen molar-refractivity contribution in [1.82, 2.24) is 15.2 Å². The Bertz CT molecular complexity index is 855. The van der Waals surface area contributed by atoms with Gasteiger partial charge in [0.1, 0.15) is 11.3 Å². The molecule has 0 aliphatic carbocycles. The molecule has 30 heavy (non-hydrogen) atoms. The van der Waals surface area contributed by atoms with Crippen LogP contribution in [0.5, 0.6) is 11.6 Å². The first kappa shape index (κ1) is 21.9. The van der Waals surface area contributed by atoms with Crippen molar-refractivity contribution >= 4 is 5.91 Å². The van der Waals surface area contributed by atoms with Gasteiger partial charge in [-0.1, -0.05) is 12.1 Å². The van der Waals surface area contributed by atoms with E-state index in [0.29, 0.717) is 6.54 Å². The molecule has 1 aromatic heterocycles. The van der Waals surface area contributed by atoms with Crippen LogP contribution in [0.3, 0.4) is 0 Å². The number of hydrogen-bond donors (Lipinski definition) is 1.